The van der Waals surface area contributed by atoms with Crippen LogP contribution in [0.3, 0.4) is 0 Å². The van der Waals surface area contributed by atoms with Gasteiger partial charge in [0.05, 0.1) is 0 Å². The van der Waals surface area contributed by atoms with Crippen molar-refractivity contribution in [1.29, 1.82) is 0 Å². The van der Waals surface area contributed by atoms with Gasteiger partial charge in [-0.15, -0.1) is 17.0 Å². The molecule has 2 aliphatic heterocycles. The molecule has 2 heterocycles. The highest BCUT2D eigenvalue weighted by Gasteiger charge is 1.94. The molecule has 0 atom stereocenters. The van der Waals surface area contributed by atoms with Crippen LogP contribution in [0.4, 0.5) is 0 Å². The van der Waals surface area contributed by atoms with E-state index >= 15 is 0 Å². The van der Waals surface area contributed by atoms with Gasteiger partial charge in [0.1, 0.15) is 0 Å². The van der Waals surface area contributed by atoms with E-state index in [1.165, 1.54) is 64.7 Å². The normalized spacial score (nSPS) is 18.9. The molecule has 0 aromatic rings. The van der Waals surface area contributed by atoms with Crippen molar-refractivity contribution in [3.63, 3.8) is 0 Å². The quantitative estimate of drug-likeness (QED) is 0.395. The molecule has 0 spiro atoms. The maximum Gasteiger partial charge on any atom is 0.254 e. The lowest BCUT2D eigenvalue weighted by Gasteiger charge is -2.08. The van der Waals surface area contributed by atoms with Crippen molar-refractivity contribution in [2.24, 2.45) is 0 Å². The molecular formula is C10H25BrN2O3S. The summed E-state index contributed by atoms with van der Waals surface area (Å²) in [5, 5.41) is 6.57. The second-order valence-corrected chi connectivity index (χ2v) is 4.33. The van der Waals surface area contributed by atoms with Crippen LogP contribution in [-0.4, -0.2) is 39.1 Å². The molecule has 3 N–H and O–H groups in total. The van der Waals surface area contributed by atoms with E-state index in [1.54, 1.807) is 0 Å². The van der Waals surface area contributed by atoms with Crippen LogP contribution in [-0.2, 0) is 11.0 Å². The number of rotatable bonds is 0. The summed E-state index contributed by atoms with van der Waals surface area (Å²) in [5.41, 5.74) is 0. The molecule has 0 amide bonds. The van der Waals surface area contributed by atoms with Crippen LogP contribution in [0.5, 0.6) is 0 Å². The van der Waals surface area contributed by atoms with Gasteiger partial charge in [0.2, 0.25) is 0 Å². The molecule has 7 heteroatoms. The molecule has 0 aromatic heterocycles. The SMILES string of the molecule is Br.C1CCNCC1.C1CCNCC1.O=[SH](=O)O. The molecule has 0 saturated carbocycles. The topological polar surface area (TPSA) is 78.4 Å². The molecule has 0 unspecified atom stereocenters. The van der Waals surface area contributed by atoms with Crippen molar-refractivity contribution in [2.45, 2.75) is 38.5 Å². The third kappa shape index (κ3) is 22.0. The Morgan fingerprint density at radius 1 is 0.706 bits per heavy atom. The Kier molecular flexibility index (Phi) is 18.8. The molecule has 2 saturated heterocycles. The molecule has 17 heavy (non-hydrogen) atoms. The van der Waals surface area contributed by atoms with Gasteiger partial charge in [-0.3, -0.25) is 4.55 Å². The summed E-state index contributed by atoms with van der Waals surface area (Å²) in [7, 11) is -3.12. The minimum atomic E-state index is -3.12. The molecule has 106 valence electrons. The van der Waals surface area contributed by atoms with Gasteiger partial charge in [-0.1, -0.05) is 12.8 Å². The van der Waals surface area contributed by atoms with E-state index in [2.05, 4.69) is 10.6 Å². The van der Waals surface area contributed by atoms with Gasteiger partial charge < -0.3 is 10.6 Å². The fourth-order valence-corrected chi connectivity index (χ4v) is 1.60. The van der Waals surface area contributed by atoms with E-state index in [1.807, 2.05) is 0 Å². The minimum Gasteiger partial charge on any atom is -0.317 e. The summed E-state index contributed by atoms with van der Waals surface area (Å²) in [4.78, 5) is 0. The maximum atomic E-state index is 8.59. The minimum absolute atomic E-state index is 0. The van der Waals surface area contributed by atoms with Gasteiger partial charge in [0.15, 0.2) is 0 Å². The van der Waals surface area contributed by atoms with Gasteiger partial charge in [-0.25, -0.2) is 8.42 Å². The lowest BCUT2D eigenvalue weighted by molar-refractivity contribution is 0.509. The molecule has 0 aliphatic carbocycles. The predicted octanol–water partition coefficient (Wildman–Crippen LogP) is 1.17. The average molecular weight is 333 g/mol. The summed E-state index contributed by atoms with van der Waals surface area (Å²) >= 11 is 0. The van der Waals surface area contributed by atoms with Crippen LogP contribution in [0, 0.1) is 0 Å². The second kappa shape index (κ2) is 16.3. The lowest BCUT2D eigenvalue weighted by atomic mass is 10.2. The maximum absolute atomic E-state index is 8.59. The van der Waals surface area contributed by atoms with Crippen molar-refractivity contribution in [3.8, 4) is 0 Å². The fourth-order valence-electron chi connectivity index (χ4n) is 1.60. The molecule has 2 aliphatic rings. The first-order valence-corrected chi connectivity index (χ1v) is 7.11. The van der Waals surface area contributed by atoms with Crippen LogP contribution in [0.25, 0.3) is 0 Å². The van der Waals surface area contributed by atoms with Crippen molar-refractivity contribution >= 4 is 28.0 Å². The first kappa shape index (κ1) is 19.6. The lowest BCUT2D eigenvalue weighted by Crippen LogP contribution is -2.21. The van der Waals surface area contributed by atoms with Crippen molar-refractivity contribution in [3.05, 3.63) is 0 Å². The van der Waals surface area contributed by atoms with Crippen molar-refractivity contribution in [1.82, 2.24) is 10.6 Å². The Balaban J connectivity index is 0. The number of hydrogen-bond acceptors (Lipinski definition) is 4. The molecule has 0 aromatic carbocycles. The van der Waals surface area contributed by atoms with Gasteiger partial charge >= 0.3 is 0 Å². The van der Waals surface area contributed by atoms with Crippen LogP contribution in [0.15, 0.2) is 0 Å². The van der Waals surface area contributed by atoms with Gasteiger partial charge in [-0.2, -0.15) is 0 Å². The Morgan fingerprint density at radius 3 is 1.00 bits per heavy atom. The zero-order valence-electron chi connectivity index (χ0n) is 10.2. The van der Waals surface area contributed by atoms with E-state index in [9.17, 15) is 0 Å². The van der Waals surface area contributed by atoms with Crippen molar-refractivity contribution in [2.75, 3.05) is 26.2 Å². The Bertz CT molecular complexity index is 165. The highest BCUT2D eigenvalue weighted by atomic mass is 79.9. The predicted molar refractivity (Wildman–Crippen MR) is 76.7 cm³/mol. The molecule has 5 nitrogen and oxygen atoms in total. The fraction of sp³-hybridized carbons (Fsp3) is 1.00. The van der Waals surface area contributed by atoms with Gasteiger partial charge in [0.25, 0.3) is 11.0 Å². The van der Waals surface area contributed by atoms with E-state index in [0.717, 1.165) is 0 Å². The summed E-state index contributed by atoms with van der Waals surface area (Å²) in [6.07, 6.45) is 8.43. The first-order valence-electron chi connectivity index (χ1n) is 5.98. The third-order valence-electron chi connectivity index (χ3n) is 2.41. The van der Waals surface area contributed by atoms with Crippen LogP contribution in [0.1, 0.15) is 38.5 Å². The number of thiol groups is 1. The molecule has 2 fully saturated rings. The Morgan fingerprint density at radius 2 is 0.941 bits per heavy atom. The summed E-state index contributed by atoms with van der Waals surface area (Å²) in [5.74, 6) is 0. The van der Waals surface area contributed by atoms with Crippen LogP contribution >= 0.6 is 17.0 Å². The number of halogens is 1. The molecule has 2 rings (SSSR count). The highest BCUT2D eigenvalue weighted by Crippen LogP contribution is 1.97. The Labute approximate surface area is 116 Å². The smallest absolute Gasteiger partial charge is 0.254 e. The third-order valence-corrected chi connectivity index (χ3v) is 2.41. The Hall–Kier alpha value is 0.310. The standard InChI is InChI=1S/2C5H11N.BrH.H2O3S/c2*1-2-4-6-5-3-1;;1-4(2)3/h2*6H,1-5H2;1H;4H,(H,1,2,3). The summed E-state index contributed by atoms with van der Waals surface area (Å²) in [6.45, 7) is 5.00. The zero-order chi connectivity index (χ0) is 12.1. The first-order chi connectivity index (χ1) is 7.73. The monoisotopic (exact) mass is 332 g/mol. The molecule has 0 bridgehead atoms. The van der Waals surface area contributed by atoms with Gasteiger partial charge in [0, 0.05) is 0 Å². The van der Waals surface area contributed by atoms with E-state index in [0.29, 0.717) is 0 Å². The van der Waals surface area contributed by atoms with E-state index < -0.39 is 11.0 Å². The molecule has 0 radical (unpaired) electrons. The van der Waals surface area contributed by atoms with E-state index in [-0.39, 0.29) is 17.0 Å². The van der Waals surface area contributed by atoms with Crippen LogP contribution in [0.2, 0.25) is 0 Å². The summed E-state index contributed by atoms with van der Waals surface area (Å²) < 4.78 is 24.2. The van der Waals surface area contributed by atoms with E-state index in [4.69, 9.17) is 13.0 Å². The number of hydrogen-bond donors (Lipinski definition) is 4. The highest BCUT2D eigenvalue weighted by molar-refractivity contribution is 8.93. The number of piperidine rings is 2. The second-order valence-electron chi connectivity index (χ2n) is 3.86. The zero-order valence-corrected chi connectivity index (χ0v) is 12.8. The summed E-state index contributed by atoms with van der Waals surface area (Å²) in [6, 6.07) is 0. The van der Waals surface area contributed by atoms with Crippen molar-refractivity contribution < 1.29 is 13.0 Å². The van der Waals surface area contributed by atoms with Gasteiger partial charge in [-0.05, 0) is 51.9 Å². The largest absolute Gasteiger partial charge is 0.317 e. The van der Waals surface area contributed by atoms with Crippen LogP contribution < -0.4 is 10.6 Å². The average Bonchev–Trinajstić information content (AvgIpc) is 2.34. The number of nitrogens with one attached hydrogen (secondary N) is 2. The molecular weight excluding hydrogens is 308 g/mol.